The number of hydrogen-bond donors (Lipinski definition) is 1. The van der Waals surface area contributed by atoms with Crippen LogP contribution in [0.1, 0.15) is 11.1 Å². The molecule has 22 heavy (non-hydrogen) atoms. The molecule has 1 aliphatic heterocycles. The standard InChI is InChI=1S/C18H16BrN3/c1-12-6-8-13(9-7-12)17-14-10-11-20-18(14)22(21-17)16-5-3-2-4-15(16)19/h2-9,20H,10-11H2,1H3. The van der Waals surface area contributed by atoms with E-state index in [2.05, 4.69) is 58.5 Å². The van der Waals surface area contributed by atoms with Gasteiger partial charge >= 0.3 is 0 Å². The van der Waals surface area contributed by atoms with E-state index < -0.39 is 0 Å². The highest BCUT2D eigenvalue weighted by Crippen LogP contribution is 2.36. The number of anilines is 1. The van der Waals surface area contributed by atoms with E-state index >= 15 is 0 Å². The maximum Gasteiger partial charge on any atom is 0.133 e. The molecule has 0 saturated carbocycles. The Morgan fingerprint density at radius 2 is 1.86 bits per heavy atom. The molecule has 0 fully saturated rings. The fourth-order valence-corrected chi connectivity index (χ4v) is 3.37. The first kappa shape index (κ1) is 13.6. The summed E-state index contributed by atoms with van der Waals surface area (Å²) in [5, 5.41) is 8.36. The third-order valence-corrected chi connectivity index (χ3v) is 4.73. The summed E-state index contributed by atoms with van der Waals surface area (Å²) in [5.74, 6) is 1.11. The molecule has 0 aliphatic carbocycles. The van der Waals surface area contributed by atoms with Gasteiger partial charge < -0.3 is 5.32 Å². The second-order valence-electron chi connectivity index (χ2n) is 5.58. The number of fused-ring (bicyclic) bond motifs is 1. The van der Waals surface area contributed by atoms with Crippen molar-refractivity contribution in [2.45, 2.75) is 13.3 Å². The lowest BCUT2D eigenvalue weighted by atomic mass is 10.1. The lowest BCUT2D eigenvalue weighted by Crippen LogP contribution is -2.04. The maximum atomic E-state index is 4.89. The molecule has 2 heterocycles. The minimum atomic E-state index is 0.969. The predicted octanol–water partition coefficient (Wildman–Crippen LogP) is 4.58. The van der Waals surface area contributed by atoms with Crippen LogP contribution in [0.3, 0.4) is 0 Å². The molecule has 1 N–H and O–H groups in total. The van der Waals surface area contributed by atoms with Crippen LogP contribution in [-0.4, -0.2) is 16.3 Å². The first-order chi connectivity index (χ1) is 10.7. The van der Waals surface area contributed by atoms with Gasteiger partial charge in [0.1, 0.15) is 5.82 Å². The number of nitrogens with one attached hydrogen (secondary N) is 1. The number of para-hydroxylation sites is 1. The van der Waals surface area contributed by atoms with E-state index in [0.717, 1.165) is 34.6 Å². The quantitative estimate of drug-likeness (QED) is 0.730. The summed E-state index contributed by atoms with van der Waals surface area (Å²) in [5.41, 5.74) is 5.89. The number of aromatic nitrogens is 2. The monoisotopic (exact) mass is 353 g/mol. The van der Waals surface area contributed by atoms with Gasteiger partial charge in [-0.2, -0.15) is 5.10 Å². The van der Waals surface area contributed by atoms with Crippen molar-refractivity contribution in [3.63, 3.8) is 0 Å². The molecule has 0 bridgehead atoms. The van der Waals surface area contributed by atoms with Crippen LogP contribution in [0, 0.1) is 6.92 Å². The average Bonchev–Trinajstić information content (AvgIpc) is 3.11. The molecule has 0 saturated heterocycles. The van der Waals surface area contributed by atoms with Gasteiger partial charge in [0.05, 0.1) is 11.4 Å². The molecule has 3 aromatic rings. The van der Waals surface area contributed by atoms with Crippen LogP contribution in [0.15, 0.2) is 53.0 Å². The van der Waals surface area contributed by atoms with Gasteiger partial charge in [-0.05, 0) is 41.4 Å². The van der Waals surface area contributed by atoms with Crippen LogP contribution >= 0.6 is 15.9 Å². The van der Waals surface area contributed by atoms with E-state index in [9.17, 15) is 0 Å². The van der Waals surface area contributed by atoms with Crippen molar-refractivity contribution in [2.24, 2.45) is 0 Å². The number of rotatable bonds is 2. The molecule has 3 nitrogen and oxygen atoms in total. The summed E-state index contributed by atoms with van der Waals surface area (Å²) < 4.78 is 3.06. The van der Waals surface area contributed by atoms with Crippen molar-refractivity contribution in [1.82, 2.24) is 9.78 Å². The highest BCUT2D eigenvalue weighted by Gasteiger charge is 2.24. The van der Waals surface area contributed by atoms with E-state index in [1.807, 2.05) is 22.9 Å². The Morgan fingerprint density at radius 1 is 1.09 bits per heavy atom. The van der Waals surface area contributed by atoms with Gasteiger partial charge in [-0.3, -0.25) is 0 Å². The Balaban J connectivity index is 1.90. The first-order valence-corrected chi connectivity index (χ1v) is 8.21. The van der Waals surface area contributed by atoms with Crippen molar-refractivity contribution in [2.75, 3.05) is 11.9 Å². The Kier molecular flexibility index (Phi) is 3.26. The minimum absolute atomic E-state index is 0.969. The Labute approximate surface area is 138 Å². The second kappa shape index (κ2) is 5.29. The van der Waals surface area contributed by atoms with Gasteiger partial charge in [0, 0.05) is 22.1 Å². The summed E-state index contributed by atoms with van der Waals surface area (Å²) in [6.45, 7) is 3.08. The van der Waals surface area contributed by atoms with Crippen molar-refractivity contribution in [3.8, 4) is 16.9 Å². The summed E-state index contributed by atoms with van der Waals surface area (Å²) in [6.07, 6.45) is 1.02. The molecule has 110 valence electrons. The molecule has 4 heteroatoms. The third kappa shape index (κ3) is 2.15. The molecule has 0 atom stereocenters. The van der Waals surface area contributed by atoms with Crippen molar-refractivity contribution in [3.05, 3.63) is 64.1 Å². The number of aryl methyl sites for hydroxylation is 1. The van der Waals surface area contributed by atoms with Gasteiger partial charge in [0.2, 0.25) is 0 Å². The fraction of sp³-hybridized carbons (Fsp3) is 0.167. The SMILES string of the molecule is Cc1ccc(-c2nn(-c3ccccc3Br)c3c2CCN3)cc1. The molecular weight excluding hydrogens is 338 g/mol. The summed E-state index contributed by atoms with van der Waals surface area (Å²) >= 11 is 3.63. The van der Waals surface area contributed by atoms with Crippen LogP contribution in [0.4, 0.5) is 5.82 Å². The van der Waals surface area contributed by atoms with E-state index in [4.69, 9.17) is 5.10 Å². The maximum absolute atomic E-state index is 4.89. The average molecular weight is 354 g/mol. The molecule has 1 aliphatic rings. The number of benzene rings is 2. The molecule has 0 spiro atoms. The van der Waals surface area contributed by atoms with Gasteiger partial charge in [-0.15, -0.1) is 0 Å². The molecular formula is C18H16BrN3. The molecule has 4 rings (SSSR count). The van der Waals surface area contributed by atoms with Crippen LogP contribution in [-0.2, 0) is 6.42 Å². The summed E-state index contributed by atoms with van der Waals surface area (Å²) in [4.78, 5) is 0. The minimum Gasteiger partial charge on any atom is -0.369 e. The normalized spacial score (nSPS) is 13.0. The highest BCUT2D eigenvalue weighted by molar-refractivity contribution is 9.10. The van der Waals surface area contributed by atoms with Gasteiger partial charge in [0.15, 0.2) is 0 Å². The molecule has 1 aromatic heterocycles. The Hall–Kier alpha value is -2.07. The smallest absolute Gasteiger partial charge is 0.133 e. The Morgan fingerprint density at radius 3 is 2.64 bits per heavy atom. The summed E-state index contributed by atoms with van der Waals surface area (Å²) in [6, 6.07) is 16.8. The Bertz CT molecular complexity index is 834. The second-order valence-corrected chi connectivity index (χ2v) is 6.44. The van der Waals surface area contributed by atoms with Crippen LogP contribution in [0.25, 0.3) is 16.9 Å². The lowest BCUT2D eigenvalue weighted by molar-refractivity contribution is 0.878. The van der Waals surface area contributed by atoms with E-state index in [-0.39, 0.29) is 0 Å². The lowest BCUT2D eigenvalue weighted by Gasteiger charge is -2.08. The number of hydrogen-bond acceptors (Lipinski definition) is 2. The molecule has 2 aromatic carbocycles. The fourth-order valence-electron chi connectivity index (χ4n) is 2.92. The van der Waals surface area contributed by atoms with Crippen molar-refractivity contribution < 1.29 is 0 Å². The zero-order chi connectivity index (χ0) is 15.1. The van der Waals surface area contributed by atoms with E-state index in [0.29, 0.717) is 0 Å². The highest BCUT2D eigenvalue weighted by atomic mass is 79.9. The third-order valence-electron chi connectivity index (χ3n) is 4.06. The van der Waals surface area contributed by atoms with Gasteiger partial charge in [-0.25, -0.2) is 4.68 Å². The van der Waals surface area contributed by atoms with Crippen LogP contribution < -0.4 is 5.32 Å². The van der Waals surface area contributed by atoms with Crippen LogP contribution in [0.2, 0.25) is 0 Å². The topological polar surface area (TPSA) is 29.9 Å². The summed E-state index contributed by atoms with van der Waals surface area (Å²) in [7, 11) is 0. The van der Waals surface area contributed by atoms with Gasteiger partial charge in [-0.1, -0.05) is 42.0 Å². The van der Waals surface area contributed by atoms with Crippen molar-refractivity contribution >= 4 is 21.7 Å². The first-order valence-electron chi connectivity index (χ1n) is 7.42. The number of nitrogens with zero attached hydrogens (tertiary/aromatic N) is 2. The zero-order valence-corrected chi connectivity index (χ0v) is 13.9. The largest absolute Gasteiger partial charge is 0.369 e. The van der Waals surface area contributed by atoms with E-state index in [1.54, 1.807) is 0 Å². The molecule has 0 amide bonds. The molecule has 0 radical (unpaired) electrons. The van der Waals surface area contributed by atoms with Gasteiger partial charge in [0.25, 0.3) is 0 Å². The van der Waals surface area contributed by atoms with E-state index in [1.165, 1.54) is 16.7 Å². The van der Waals surface area contributed by atoms with Crippen LogP contribution in [0.5, 0.6) is 0 Å². The number of halogens is 1. The predicted molar refractivity (Wildman–Crippen MR) is 93.6 cm³/mol. The van der Waals surface area contributed by atoms with Crippen molar-refractivity contribution in [1.29, 1.82) is 0 Å². The zero-order valence-electron chi connectivity index (χ0n) is 12.3. The molecule has 0 unspecified atom stereocenters.